The maximum absolute atomic E-state index is 14.1. The van der Waals surface area contributed by atoms with Gasteiger partial charge in [-0.05, 0) is 92.3 Å². The topological polar surface area (TPSA) is 64.1 Å². The summed E-state index contributed by atoms with van der Waals surface area (Å²) in [6, 6.07) is 7.99. The van der Waals surface area contributed by atoms with Gasteiger partial charge in [0.1, 0.15) is 5.82 Å². The Morgan fingerprint density at radius 1 is 1.05 bits per heavy atom. The van der Waals surface area contributed by atoms with Crippen molar-refractivity contribution in [3.8, 4) is 0 Å². The predicted octanol–water partition coefficient (Wildman–Crippen LogP) is 6.17. The SMILES string of the molecule is Cc1cc(N2CCC(CC3(C)CCN(C(=O)[C@](O)(c4cc(F)cc(Cl)c4)C(F)(F)F)CC3)CC2)ccc1C(=O)N(C)C. The normalized spacial score (nSPS) is 19.4. The summed E-state index contributed by atoms with van der Waals surface area (Å²) in [6.45, 7) is 5.89. The summed E-state index contributed by atoms with van der Waals surface area (Å²) in [5, 5.41) is 10.4. The lowest BCUT2D eigenvalue weighted by Gasteiger charge is -2.45. The van der Waals surface area contributed by atoms with Crippen LogP contribution in [0.2, 0.25) is 5.02 Å². The van der Waals surface area contributed by atoms with Gasteiger partial charge in [-0.15, -0.1) is 0 Å². The van der Waals surface area contributed by atoms with Gasteiger partial charge in [0.2, 0.25) is 0 Å². The summed E-state index contributed by atoms with van der Waals surface area (Å²) < 4.78 is 56.2. The monoisotopic (exact) mass is 611 g/mol. The summed E-state index contributed by atoms with van der Waals surface area (Å²) in [5.74, 6) is -2.18. The van der Waals surface area contributed by atoms with Crippen LogP contribution in [0, 0.1) is 24.1 Å². The first-order valence-corrected chi connectivity index (χ1v) is 14.5. The van der Waals surface area contributed by atoms with Gasteiger partial charge in [-0.1, -0.05) is 18.5 Å². The third-order valence-corrected chi connectivity index (χ3v) is 9.08. The Morgan fingerprint density at radius 3 is 2.19 bits per heavy atom. The van der Waals surface area contributed by atoms with E-state index in [9.17, 15) is 32.3 Å². The maximum atomic E-state index is 14.1. The van der Waals surface area contributed by atoms with Crippen LogP contribution in [0.4, 0.5) is 23.2 Å². The van der Waals surface area contributed by atoms with Crippen LogP contribution < -0.4 is 4.90 Å². The van der Waals surface area contributed by atoms with E-state index in [4.69, 9.17) is 11.6 Å². The number of carbonyl (C=O) groups is 2. The van der Waals surface area contributed by atoms with Crippen molar-refractivity contribution in [2.24, 2.45) is 11.3 Å². The molecule has 2 aromatic rings. The summed E-state index contributed by atoms with van der Waals surface area (Å²) in [4.78, 5) is 30.4. The van der Waals surface area contributed by atoms with Gasteiger partial charge >= 0.3 is 6.18 Å². The van der Waals surface area contributed by atoms with Gasteiger partial charge in [0.05, 0.1) is 0 Å². The van der Waals surface area contributed by atoms with Crippen molar-refractivity contribution in [3.63, 3.8) is 0 Å². The predicted molar refractivity (Wildman–Crippen MR) is 154 cm³/mol. The van der Waals surface area contributed by atoms with Crippen LogP contribution in [0.15, 0.2) is 36.4 Å². The molecule has 2 saturated heterocycles. The van der Waals surface area contributed by atoms with E-state index in [0.29, 0.717) is 30.4 Å². The van der Waals surface area contributed by atoms with Crippen molar-refractivity contribution in [1.29, 1.82) is 0 Å². The Kier molecular flexibility index (Phi) is 9.19. The van der Waals surface area contributed by atoms with Gasteiger partial charge in [-0.25, -0.2) is 4.39 Å². The van der Waals surface area contributed by atoms with Crippen LogP contribution in [-0.2, 0) is 10.4 Å². The number of nitrogens with zero attached hydrogens (tertiary/aromatic N) is 3. The summed E-state index contributed by atoms with van der Waals surface area (Å²) in [7, 11) is 3.46. The Bertz CT molecular complexity index is 1300. The molecule has 11 heteroatoms. The first kappa shape index (κ1) is 32.1. The van der Waals surface area contributed by atoms with Crippen LogP contribution in [0.1, 0.15) is 60.5 Å². The minimum atomic E-state index is -5.36. The van der Waals surface area contributed by atoms with Crippen molar-refractivity contribution < 1.29 is 32.3 Å². The molecule has 1 atom stereocenters. The average molecular weight is 612 g/mol. The summed E-state index contributed by atoms with van der Waals surface area (Å²) >= 11 is 5.75. The lowest BCUT2D eigenvalue weighted by Crippen LogP contribution is -2.57. The van der Waals surface area contributed by atoms with Crippen LogP contribution in [0.5, 0.6) is 0 Å². The van der Waals surface area contributed by atoms with E-state index >= 15 is 0 Å². The van der Waals surface area contributed by atoms with E-state index in [1.807, 2.05) is 25.1 Å². The molecule has 0 saturated carbocycles. The molecule has 2 aromatic carbocycles. The quantitative estimate of drug-likeness (QED) is 0.397. The molecule has 2 heterocycles. The molecule has 1 N–H and O–H groups in total. The molecule has 6 nitrogen and oxygen atoms in total. The zero-order chi connectivity index (χ0) is 31.0. The summed E-state index contributed by atoms with van der Waals surface area (Å²) in [5.41, 5.74) is -2.29. The van der Waals surface area contributed by atoms with Gasteiger partial charge in [0.15, 0.2) is 0 Å². The first-order valence-electron chi connectivity index (χ1n) is 14.2. The molecule has 2 aliphatic heterocycles. The number of carbonyl (C=O) groups excluding carboxylic acids is 2. The number of piperidine rings is 2. The van der Waals surface area contributed by atoms with E-state index in [2.05, 4.69) is 11.8 Å². The van der Waals surface area contributed by atoms with Crippen LogP contribution >= 0.6 is 11.6 Å². The number of anilines is 1. The molecule has 2 fully saturated rings. The van der Waals surface area contributed by atoms with E-state index in [1.54, 1.807) is 19.0 Å². The molecule has 42 heavy (non-hydrogen) atoms. The highest BCUT2D eigenvalue weighted by Gasteiger charge is 2.62. The number of hydrogen-bond donors (Lipinski definition) is 1. The fraction of sp³-hybridized carbons (Fsp3) is 0.548. The van der Waals surface area contributed by atoms with Gasteiger partial charge in [-0.3, -0.25) is 9.59 Å². The van der Waals surface area contributed by atoms with Crippen molar-refractivity contribution in [1.82, 2.24) is 9.80 Å². The standard InChI is InChI=1S/C31H38ClF4N3O3/c1-20-15-25(5-6-26(20)27(40)37(3)4)38-11-7-21(8-12-38)19-29(2)9-13-39(14-10-29)28(41)30(42,31(34,35)36)22-16-23(32)18-24(33)17-22/h5-6,15-18,21,42H,7-14,19H2,1-4H3/t30-/m1/s1. The number of amides is 2. The Balaban J connectivity index is 1.36. The number of aliphatic hydroxyl groups is 1. The Labute approximate surface area is 249 Å². The van der Waals surface area contributed by atoms with Crippen molar-refractivity contribution in [3.05, 3.63) is 63.9 Å². The number of benzene rings is 2. The van der Waals surface area contributed by atoms with Gasteiger partial charge in [-0.2, -0.15) is 13.2 Å². The third kappa shape index (κ3) is 6.54. The van der Waals surface area contributed by atoms with Crippen molar-refractivity contribution >= 4 is 29.1 Å². The lowest BCUT2D eigenvalue weighted by molar-refractivity contribution is -0.262. The number of hydrogen-bond acceptors (Lipinski definition) is 4. The molecule has 0 unspecified atom stereocenters. The van der Waals surface area contributed by atoms with E-state index in [1.165, 1.54) is 0 Å². The number of alkyl halides is 3. The number of aryl methyl sites for hydroxylation is 1. The zero-order valence-corrected chi connectivity index (χ0v) is 25.2. The molecule has 2 aliphatic rings. The molecule has 2 amide bonds. The minimum Gasteiger partial charge on any atom is -0.372 e. The van der Waals surface area contributed by atoms with Crippen LogP contribution in [0.25, 0.3) is 0 Å². The second kappa shape index (κ2) is 12.0. The minimum absolute atomic E-state index is 0.0276. The molecule has 0 aromatic heterocycles. The fourth-order valence-electron chi connectivity index (χ4n) is 6.27. The van der Waals surface area contributed by atoms with Crippen LogP contribution in [0.3, 0.4) is 0 Å². The van der Waals surface area contributed by atoms with Gasteiger partial charge in [0.25, 0.3) is 17.4 Å². The zero-order valence-electron chi connectivity index (χ0n) is 24.4. The van der Waals surface area contributed by atoms with Crippen molar-refractivity contribution in [2.45, 2.75) is 57.7 Å². The lowest BCUT2D eigenvalue weighted by atomic mass is 9.71. The highest BCUT2D eigenvalue weighted by atomic mass is 35.5. The van der Waals surface area contributed by atoms with E-state index in [0.717, 1.165) is 60.6 Å². The van der Waals surface area contributed by atoms with E-state index < -0.39 is 29.1 Å². The highest BCUT2D eigenvalue weighted by molar-refractivity contribution is 6.30. The number of halogens is 5. The summed E-state index contributed by atoms with van der Waals surface area (Å²) in [6.07, 6.45) is -1.56. The molecular formula is C31H38ClF4N3O3. The average Bonchev–Trinajstić information content (AvgIpc) is 2.91. The Hall–Kier alpha value is -2.85. The number of rotatable bonds is 6. The van der Waals surface area contributed by atoms with Gasteiger partial charge < -0.3 is 19.8 Å². The number of likely N-dealkylation sites (tertiary alicyclic amines) is 1. The molecular weight excluding hydrogens is 574 g/mol. The van der Waals surface area contributed by atoms with Gasteiger partial charge in [0, 0.05) is 62.1 Å². The van der Waals surface area contributed by atoms with E-state index in [-0.39, 0.29) is 29.4 Å². The fourth-order valence-corrected chi connectivity index (χ4v) is 6.49. The van der Waals surface area contributed by atoms with Crippen LogP contribution in [-0.4, -0.2) is 73.2 Å². The molecule has 230 valence electrons. The highest BCUT2D eigenvalue weighted by Crippen LogP contribution is 2.45. The van der Waals surface area contributed by atoms with Crippen molar-refractivity contribution in [2.75, 3.05) is 45.2 Å². The second-order valence-corrected chi connectivity index (χ2v) is 12.7. The molecule has 0 bridgehead atoms. The maximum Gasteiger partial charge on any atom is 0.430 e. The molecule has 4 rings (SSSR count). The molecule has 0 aliphatic carbocycles. The third-order valence-electron chi connectivity index (χ3n) is 8.87. The second-order valence-electron chi connectivity index (χ2n) is 12.3. The molecule has 0 radical (unpaired) electrons. The Morgan fingerprint density at radius 2 is 1.67 bits per heavy atom. The molecule has 0 spiro atoms. The first-order chi connectivity index (χ1) is 19.5. The largest absolute Gasteiger partial charge is 0.430 e. The smallest absolute Gasteiger partial charge is 0.372 e.